The molecule has 100 valence electrons. The molecule has 0 heterocycles. The summed E-state index contributed by atoms with van der Waals surface area (Å²) >= 11 is 7.50. The Bertz CT molecular complexity index is 545. The Morgan fingerprint density at radius 1 is 1.21 bits per heavy atom. The molecule has 0 bridgehead atoms. The normalized spacial score (nSPS) is 12.2. The minimum absolute atomic E-state index is 0.529. The lowest BCUT2D eigenvalue weighted by atomic mass is 10.1. The van der Waals surface area contributed by atoms with Gasteiger partial charge < -0.3 is 9.84 Å². The van der Waals surface area contributed by atoms with Gasteiger partial charge in [-0.3, -0.25) is 0 Å². The van der Waals surface area contributed by atoms with Crippen LogP contribution in [0.25, 0.3) is 0 Å². The van der Waals surface area contributed by atoms with Crippen molar-refractivity contribution >= 4 is 23.4 Å². The van der Waals surface area contributed by atoms with Crippen LogP contribution in [0.1, 0.15) is 11.7 Å². The molecule has 1 unspecified atom stereocenters. The summed E-state index contributed by atoms with van der Waals surface area (Å²) in [5, 5.41) is 10.9. The van der Waals surface area contributed by atoms with E-state index in [2.05, 4.69) is 0 Å². The summed E-state index contributed by atoms with van der Waals surface area (Å²) in [5.74, 6) is 1.33. The van der Waals surface area contributed by atoms with E-state index in [1.165, 1.54) is 0 Å². The summed E-state index contributed by atoms with van der Waals surface area (Å²) < 4.78 is 5.15. The molecule has 4 heteroatoms. The first-order chi connectivity index (χ1) is 9.19. The van der Waals surface area contributed by atoms with E-state index in [0.29, 0.717) is 10.8 Å². The highest BCUT2D eigenvalue weighted by molar-refractivity contribution is 7.99. The zero-order chi connectivity index (χ0) is 13.7. The average Bonchev–Trinajstić information content (AvgIpc) is 2.45. The Balaban J connectivity index is 1.99. The van der Waals surface area contributed by atoms with Crippen LogP contribution < -0.4 is 4.74 Å². The number of rotatable bonds is 5. The number of aliphatic hydroxyl groups excluding tert-OH is 1. The molecule has 0 radical (unpaired) electrons. The molecular formula is C15H15ClO2S. The predicted octanol–water partition coefficient (Wildman–Crippen LogP) is 4.17. The van der Waals surface area contributed by atoms with Gasteiger partial charge in [0, 0.05) is 15.7 Å². The number of thioether (sulfide) groups is 1. The maximum atomic E-state index is 10.2. The van der Waals surface area contributed by atoms with Gasteiger partial charge in [0.1, 0.15) is 5.75 Å². The number of ether oxygens (including phenoxy) is 1. The van der Waals surface area contributed by atoms with Gasteiger partial charge in [0.2, 0.25) is 0 Å². The number of halogens is 1. The summed E-state index contributed by atoms with van der Waals surface area (Å²) in [7, 11) is 1.62. The lowest BCUT2D eigenvalue weighted by molar-refractivity contribution is 0.203. The number of methoxy groups -OCH3 is 1. The van der Waals surface area contributed by atoms with Gasteiger partial charge in [0.25, 0.3) is 0 Å². The van der Waals surface area contributed by atoms with Crippen LogP contribution in [-0.4, -0.2) is 18.0 Å². The SMILES string of the molecule is COc1cccc(C(O)CSc2cccc(Cl)c2)c1. The van der Waals surface area contributed by atoms with Crippen LogP contribution in [0.15, 0.2) is 53.4 Å². The molecule has 0 aliphatic carbocycles. The van der Waals surface area contributed by atoms with E-state index in [9.17, 15) is 5.11 Å². The van der Waals surface area contributed by atoms with Crippen molar-refractivity contribution in [1.29, 1.82) is 0 Å². The lowest BCUT2D eigenvalue weighted by Crippen LogP contribution is -2.00. The quantitative estimate of drug-likeness (QED) is 0.839. The monoisotopic (exact) mass is 294 g/mol. The van der Waals surface area contributed by atoms with Gasteiger partial charge in [0.05, 0.1) is 13.2 Å². The van der Waals surface area contributed by atoms with Gasteiger partial charge in [-0.15, -0.1) is 11.8 Å². The van der Waals surface area contributed by atoms with E-state index < -0.39 is 6.10 Å². The van der Waals surface area contributed by atoms with Gasteiger partial charge in [-0.1, -0.05) is 29.8 Å². The molecule has 0 saturated carbocycles. The lowest BCUT2D eigenvalue weighted by Gasteiger charge is -2.12. The molecule has 2 aromatic rings. The Labute approximate surface area is 122 Å². The molecule has 0 fully saturated rings. The van der Waals surface area contributed by atoms with Crippen LogP contribution in [0, 0.1) is 0 Å². The molecule has 0 spiro atoms. The Kier molecular flexibility index (Phi) is 5.14. The molecule has 0 amide bonds. The first kappa shape index (κ1) is 14.3. The van der Waals surface area contributed by atoms with Crippen LogP contribution in [-0.2, 0) is 0 Å². The van der Waals surface area contributed by atoms with E-state index in [1.54, 1.807) is 18.9 Å². The number of benzene rings is 2. The third kappa shape index (κ3) is 4.16. The van der Waals surface area contributed by atoms with Crippen molar-refractivity contribution in [3.63, 3.8) is 0 Å². The molecular weight excluding hydrogens is 280 g/mol. The van der Waals surface area contributed by atoms with Gasteiger partial charge >= 0.3 is 0 Å². The van der Waals surface area contributed by atoms with E-state index in [4.69, 9.17) is 16.3 Å². The first-order valence-electron chi connectivity index (χ1n) is 5.89. The molecule has 0 aromatic heterocycles. The van der Waals surface area contributed by atoms with Crippen molar-refractivity contribution in [2.24, 2.45) is 0 Å². The molecule has 0 saturated heterocycles. The van der Waals surface area contributed by atoms with E-state index in [-0.39, 0.29) is 0 Å². The third-order valence-electron chi connectivity index (χ3n) is 2.68. The number of hydrogen-bond acceptors (Lipinski definition) is 3. The predicted molar refractivity (Wildman–Crippen MR) is 80.1 cm³/mol. The summed E-state index contributed by atoms with van der Waals surface area (Å²) in [6, 6.07) is 15.1. The summed E-state index contributed by atoms with van der Waals surface area (Å²) in [6.45, 7) is 0. The van der Waals surface area contributed by atoms with Crippen molar-refractivity contribution < 1.29 is 9.84 Å². The first-order valence-corrected chi connectivity index (χ1v) is 7.26. The van der Waals surface area contributed by atoms with E-state index in [1.807, 2.05) is 48.5 Å². The van der Waals surface area contributed by atoms with Crippen LogP contribution in [0.4, 0.5) is 0 Å². The maximum absolute atomic E-state index is 10.2. The fraction of sp³-hybridized carbons (Fsp3) is 0.200. The van der Waals surface area contributed by atoms with E-state index >= 15 is 0 Å². The second kappa shape index (κ2) is 6.85. The largest absolute Gasteiger partial charge is 0.497 e. The molecule has 1 atom stereocenters. The summed E-state index contributed by atoms with van der Waals surface area (Å²) in [6.07, 6.45) is -0.529. The fourth-order valence-corrected chi connectivity index (χ4v) is 2.86. The van der Waals surface area contributed by atoms with Crippen molar-refractivity contribution in [3.05, 3.63) is 59.1 Å². The third-order valence-corrected chi connectivity index (χ3v) is 3.99. The van der Waals surface area contributed by atoms with Gasteiger partial charge in [0.15, 0.2) is 0 Å². The maximum Gasteiger partial charge on any atom is 0.119 e. The molecule has 19 heavy (non-hydrogen) atoms. The smallest absolute Gasteiger partial charge is 0.119 e. The van der Waals surface area contributed by atoms with Crippen molar-refractivity contribution in [1.82, 2.24) is 0 Å². The standard InChI is InChI=1S/C15H15ClO2S/c1-18-13-6-2-4-11(8-13)15(17)10-19-14-7-3-5-12(16)9-14/h2-9,15,17H,10H2,1H3. The Morgan fingerprint density at radius 3 is 2.74 bits per heavy atom. The van der Waals surface area contributed by atoms with Crippen LogP contribution in [0.5, 0.6) is 5.75 Å². The minimum Gasteiger partial charge on any atom is -0.497 e. The van der Waals surface area contributed by atoms with Crippen molar-refractivity contribution in [2.45, 2.75) is 11.0 Å². The minimum atomic E-state index is -0.529. The number of hydrogen-bond donors (Lipinski definition) is 1. The van der Waals surface area contributed by atoms with Gasteiger partial charge in [-0.25, -0.2) is 0 Å². The molecule has 2 aromatic carbocycles. The highest BCUT2D eigenvalue weighted by Gasteiger charge is 2.09. The highest BCUT2D eigenvalue weighted by atomic mass is 35.5. The second-order valence-corrected chi connectivity index (χ2v) is 5.59. The second-order valence-electron chi connectivity index (χ2n) is 4.06. The molecule has 0 aliphatic heterocycles. The molecule has 2 rings (SSSR count). The zero-order valence-corrected chi connectivity index (χ0v) is 12.1. The summed E-state index contributed by atoms with van der Waals surface area (Å²) in [5.41, 5.74) is 0.855. The van der Waals surface area contributed by atoms with Crippen LogP contribution >= 0.6 is 23.4 Å². The summed E-state index contributed by atoms with van der Waals surface area (Å²) in [4.78, 5) is 1.05. The molecule has 2 nitrogen and oxygen atoms in total. The van der Waals surface area contributed by atoms with Gasteiger partial charge in [-0.2, -0.15) is 0 Å². The molecule has 0 aliphatic rings. The Hall–Kier alpha value is -1.16. The zero-order valence-electron chi connectivity index (χ0n) is 10.5. The van der Waals surface area contributed by atoms with Crippen LogP contribution in [0.3, 0.4) is 0 Å². The number of aliphatic hydroxyl groups is 1. The highest BCUT2D eigenvalue weighted by Crippen LogP contribution is 2.27. The average molecular weight is 295 g/mol. The fourth-order valence-electron chi connectivity index (χ4n) is 1.68. The van der Waals surface area contributed by atoms with Crippen molar-refractivity contribution in [3.8, 4) is 5.75 Å². The van der Waals surface area contributed by atoms with Crippen molar-refractivity contribution in [2.75, 3.05) is 12.9 Å². The van der Waals surface area contributed by atoms with E-state index in [0.717, 1.165) is 16.2 Å². The topological polar surface area (TPSA) is 29.5 Å². The van der Waals surface area contributed by atoms with Crippen LogP contribution in [0.2, 0.25) is 5.02 Å². The Morgan fingerprint density at radius 2 is 2.00 bits per heavy atom. The van der Waals surface area contributed by atoms with Gasteiger partial charge in [-0.05, 0) is 35.9 Å². The molecule has 1 N–H and O–H groups in total.